The highest BCUT2D eigenvalue weighted by Crippen LogP contribution is 2.16. The maximum Gasteiger partial charge on any atom is 0.335 e. The number of carboxylic acids is 1. The number of carbonyl (C=O) groups excluding carboxylic acids is 2. The zero-order valence-corrected chi connectivity index (χ0v) is 12.3. The second-order valence-electron chi connectivity index (χ2n) is 4.75. The lowest BCUT2D eigenvalue weighted by molar-refractivity contribution is -0.128. The van der Waals surface area contributed by atoms with Gasteiger partial charge in [0.2, 0.25) is 5.91 Å². The molecule has 1 aromatic rings. The monoisotopic (exact) mass is 293 g/mol. The molecule has 0 aliphatic rings. The quantitative estimate of drug-likeness (QED) is 0.762. The number of nitrogens with one attached hydrogen (secondary N) is 2. The van der Waals surface area contributed by atoms with Crippen molar-refractivity contribution < 1.29 is 19.5 Å². The van der Waals surface area contributed by atoms with Gasteiger partial charge >= 0.3 is 12.0 Å². The van der Waals surface area contributed by atoms with Gasteiger partial charge in [-0.05, 0) is 30.7 Å². The molecular formula is C14H19N3O4. The van der Waals surface area contributed by atoms with Crippen LogP contribution in [-0.4, -0.2) is 48.6 Å². The fourth-order valence-electron chi connectivity index (χ4n) is 1.61. The van der Waals surface area contributed by atoms with Crippen LogP contribution in [0.15, 0.2) is 18.2 Å². The summed E-state index contributed by atoms with van der Waals surface area (Å²) in [5.41, 5.74) is 1.33. The summed E-state index contributed by atoms with van der Waals surface area (Å²) in [4.78, 5) is 35.3. The van der Waals surface area contributed by atoms with Gasteiger partial charge in [0.1, 0.15) is 0 Å². The van der Waals surface area contributed by atoms with Gasteiger partial charge in [-0.2, -0.15) is 0 Å². The molecule has 7 nitrogen and oxygen atoms in total. The van der Waals surface area contributed by atoms with E-state index in [1.54, 1.807) is 21.0 Å². The second kappa shape index (κ2) is 7.28. The van der Waals surface area contributed by atoms with Crippen molar-refractivity contribution in [1.82, 2.24) is 10.2 Å². The molecule has 21 heavy (non-hydrogen) atoms. The van der Waals surface area contributed by atoms with Crippen molar-refractivity contribution in [3.63, 3.8) is 0 Å². The number of anilines is 1. The van der Waals surface area contributed by atoms with E-state index in [-0.39, 0.29) is 24.4 Å². The van der Waals surface area contributed by atoms with Crippen molar-refractivity contribution in [2.24, 2.45) is 0 Å². The van der Waals surface area contributed by atoms with Crippen LogP contribution in [0.3, 0.4) is 0 Å². The van der Waals surface area contributed by atoms with Crippen LogP contribution in [0.2, 0.25) is 0 Å². The van der Waals surface area contributed by atoms with E-state index in [0.717, 1.165) is 0 Å². The van der Waals surface area contributed by atoms with E-state index in [2.05, 4.69) is 10.6 Å². The minimum atomic E-state index is -1.02. The average molecular weight is 293 g/mol. The Morgan fingerprint density at radius 3 is 2.43 bits per heavy atom. The number of rotatable bonds is 5. The van der Waals surface area contributed by atoms with Crippen LogP contribution in [0, 0.1) is 6.92 Å². The van der Waals surface area contributed by atoms with Gasteiger partial charge in [-0.15, -0.1) is 0 Å². The van der Waals surface area contributed by atoms with Gasteiger partial charge in [0.05, 0.1) is 5.56 Å². The third kappa shape index (κ3) is 5.13. The van der Waals surface area contributed by atoms with Gasteiger partial charge in [-0.3, -0.25) is 4.79 Å². The normalized spacial score (nSPS) is 9.86. The molecule has 0 aliphatic heterocycles. The first kappa shape index (κ1) is 16.5. The lowest BCUT2D eigenvalue weighted by Gasteiger charge is -2.12. The summed E-state index contributed by atoms with van der Waals surface area (Å²) in [6.07, 6.45) is 0.220. The van der Waals surface area contributed by atoms with Gasteiger partial charge in [-0.25, -0.2) is 9.59 Å². The number of urea groups is 1. The third-order valence-electron chi connectivity index (χ3n) is 2.84. The van der Waals surface area contributed by atoms with E-state index < -0.39 is 12.0 Å². The Labute approximate surface area is 122 Å². The molecule has 0 saturated carbocycles. The van der Waals surface area contributed by atoms with Gasteiger partial charge in [-0.1, -0.05) is 0 Å². The van der Waals surface area contributed by atoms with Gasteiger partial charge < -0.3 is 20.6 Å². The van der Waals surface area contributed by atoms with Crippen molar-refractivity contribution >= 4 is 23.6 Å². The SMILES string of the molecule is Cc1cc(C(=O)O)ccc1NC(=O)NCCC(=O)N(C)C. The van der Waals surface area contributed by atoms with Crippen LogP contribution in [0.25, 0.3) is 0 Å². The smallest absolute Gasteiger partial charge is 0.335 e. The van der Waals surface area contributed by atoms with Crippen LogP contribution < -0.4 is 10.6 Å². The fraction of sp³-hybridized carbons (Fsp3) is 0.357. The molecule has 0 spiro atoms. The molecule has 7 heteroatoms. The predicted octanol–water partition coefficient (Wildman–Crippen LogP) is 1.29. The number of aromatic carboxylic acids is 1. The maximum atomic E-state index is 11.7. The number of hydrogen-bond donors (Lipinski definition) is 3. The second-order valence-corrected chi connectivity index (χ2v) is 4.75. The van der Waals surface area contributed by atoms with Crippen LogP contribution in [0.4, 0.5) is 10.5 Å². The van der Waals surface area contributed by atoms with Crippen LogP contribution in [0.1, 0.15) is 22.3 Å². The van der Waals surface area contributed by atoms with E-state index in [0.29, 0.717) is 11.3 Å². The largest absolute Gasteiger partial charge is 0.478 e. The molecule has 0 bridgehead atoms. The van der Waals surface area contributed by atoms with Crippen molar-refractivity contribution in [1.29, 1.82) is 0 Å². The highest BCUT2D eigenvalue weighted by Gasteiger charge is 2.09. The van der Waals surface area contributed by atoms with E-state index in [9.17, 15) is 14.4 Å². The number of hydrogen-bond acceptors (Lipinski definition) is 3. The number of nitrogens with zero attached hydrogens (tertiary/aromatic N) is 1. The Morgan fingerprint density at radius 1 is 1.24 bits per heavy atom. The maximum absolute atomic E-state index is 11.7. The minimum Gasteiger partial charge on any atom is -0.478 e. The Morgan fingerprint density at radius 2 is 1.90 bits per heavy atom. The Balaban J connectivity index is 2.52. The Kier molecular flexibility index (Phi) is 5.71. The molecular weight excluding hydrogens is 274 g/mol. The van der Waals surface area contributed by atoms with E-state index in [1.807, 2.05) is 0 Å². The minimum absolute atomic E-state index is 0.0720. The summed E-state index contributed by atoms with van der Waals surface area (Å²) >= 11 is 0. The topological polar surface area (TPSA) is 98.7 Å². The molecule has 0 saturated heterocycles. The van der Waals surface area contributed by atoms with E-state index in [4.69, 9.17) is 5.11 Å². The zero-order valence-electron chi connectivity index (χ0n) is 12.3. The standard InChI is InChI=1S/C14H19N3O4/c1-9-8-10(13(19)20)4-5-11(9)16-14(21)15-7-6-12(18)17(2)3/h4-5,8H,6-7H2,1-3H3,(H,19,20)(H2,15,16,21). The van der Waals surface area contributed by atoms with Crippen LogP contribution in [0.5, 0.6) is 0 Å². The molecule has 3 amide bonds. The molecule has 0 heterocycles. The molecule has 0 radical (unpaired) electrons. The number of benzene rings is 1. The fourth-order valence-corrected chi connectivity index (χ4v) is 1.61. The summed E-state index contributed by atoms with van der Waals surface area (Å²) in [6, 6.07) is 3.99. The van der Waals surface area contributed by atoms with Gasteiger partial charge in [0.15, 0.2) is 0 Å². The summed E-state index contributed by atoms with van der Waals surface area (Å²) in [5.74, 6) is -1.09. The third-order valence-corrected chi connectivity index (χ3v) is 2.84. The number of amides is 3. The summed E-state index contributed by atoms with van der Waals surface area (Å²) in [7, 11) is 3.30. The molecule has 114 valence electrons. The zero-order chi connectivity index (χ0) is 16.0. The number of carboxylic acid groups (broad SMARTS) is 1. The van der Waals surface area contributed by atoms with Gasteiger partial charge in [0.25, 0.3) is 0 Å². The molecule has 0 fully saturated rings. The molecule has 1 rings (SSSR count). The van der Waals surface area contributed by atoms with Crippen LogP contribution >= 0.6 is 0 Å². The molecule has 0 atom stereocenters. The lowest BCUT2D eigenvalue weighted by Crippen LogP contribution is -2.33. The number of aryl methyl sites for hydroxylation is 1. The summed E-state index contributed by atoms with van der Waals surface area (Å²) in [5, 5.41) is 14.0. The lowest BCUT2D eigenvalue weighted by atomic mass is 10.1. The van der Waals surface area contributed by atoms with Crippen molar-refractivity contribution in [2.45, 2.75) is 13.3 Å². The summed E-state index contributed by atoms with van der Waals surface area (Å²) in [6.45, 7) is 1.94. The van der Waals surface area contributed by atoms with Crippen LogP contribution in [-0.2, 0) is 4.79 Å². The first-order chi connectivity index (χ1) is 9.81. The Bertz CT molecular complexity index is 555. The predicted molar refractivity (Wildman–Crippen MR) is 78.5 cm³/mol. The van der Waals surface area contributed by atoms with Crippen molar-refractivity contribution in [3.8, 4) is 0 Å². The van der Waals surface area contributed by atoms with Crippen molar-refractivity contribution in [2.75, 3.05) is 26.0 Å². The van der Waals surface area contributed by atoms with Crippen molar-refractivity contribution in [3.05, 3.63) is 29.3 Å². The molecule has 1 aromatic carbocycles. The first-order valence-corrected chi connectivity index (χ1v) is 6.40. The Hall–Kier alpha value is -2.57. The molecule has 0 aliphatic carbocycles. The molecule has 3 N–H and O–H groups in total. The molecule has 0 unspecified atom stereocenters. The molecule has 0 aromatic heterocycles. The summed E-state index contributed by atoms with van der Waals surface area (Å²) < 4.78 is 0. The average Bonchev–Trinajstić information content (AvgIpc) is 2.40. The van der Waals surface area contributed by atoms with E-state index >= 15 is 0 Å². The van der Waals surface area contributed by atoms with Gasteiger partial charge in [0, 0.05) is 32.7 Å². The highest BCUT2D eigenvalue weighted by molar-refractivity contribution is 5.92. The highest BCUT2D eigenvalue weighted by atomic mass is 16.4. The van der Waals surface area contributed by atoms with E-state index in [1.165, 1.54) is 23.1 Å². The first-order valence-electron chi connectivity index (χ1n) is 6.40. The number of carbonyl (C=O) groups is 3.